The highest BCUT2D eigenvalue weighted by Crippen LogP contribution is 2.25. The van der Waals surface area contributed by atoms with E-state index in [4.69, 9.17) is 4.42 Å². The maximum Gasteiger partial charge on any atom is 0.317 e. The van der Waals surface area contributed by atoms with Gasteiger partial charge in [0.25, 0.3) is 0 Å². The standard InChI is InChI=1S/C20H27N3O2/c1-14-10-16-12-18(25-19(16)11-15(14)2)13-22-8-4-17(5-9-22)23-7-3-6-21-20(23)24/h10-12,17H,3-9,13H2,1-2H3,(H,21,24). The largest absolute Gasteiger partial charge is 0.460 e. The van der Waals surface area contributed by atoms with Gasteiger partial charge in [0.2, 0.25) is 0 Å². The summed E-state index contributed by atoms with van der Waals surface area (Å²) in [6.07, 6.45) is 3.15. The van der Waals surface area contributed by atoms with Crippen LogP contribution in [0.5, 0.6) is 0 Å². The predicted molar refractivity (Wildman–Crippen MR) is 98.7 cm³/mol. The molecule has 0 saturated carbocycles. The lowest BCUT2D eigenvalue weighted by molar-refractivity contribution is 0.106. The first-order valence-corrected chi connectivity index (χ1v) is 9.36. The Balaban J connectivity index is 1.37. The molecule has 0 bridgehead atoms. The Morgan fingerprint density at radius 3 is 2.64 bits per heavy atom. The molecule has 1 aromatic heterocycles. The number of piperidine rings is 1. The van der Waals surface area contributed by atoms with Gasteiger partial charge in [-0.25, -0.2) is 4.79 Å². The minimum absolute atomic E-state index is 0.118. The van der Waals surface area contributed by atoms with Gasteiger partial charge in [0, 0.05) is 37.6 Å². The van der Waals surface area contributed by atoms with Crippen molar-refractivity contribution in [1.29, 1.82) is 0 Å². The highest BCUT2D eigenvalue weighted by molar-refractivity contribution is 5.79. The molecule has 4 rings (SSSR count). The van der Waals surface area contributed by atoms with Crippen molar-refractivity contribution >= 4 is 17.0 Å². The number of amides is 2. The van der Waals surface area contributed by atoms with Gasteiger partial charge in [0.05, 0.1) is 6.54 Å². The number of furan rings is 1. The third-order valence-corrected chi connectivity index (χ3v) is 5.67. The Labute approximate surface area is 149 Å². The molecule has 0 unspecified atom stereocenters. The second kappa shape index (κ2) is 6.71. The second-order valence-electron chi connectivity index (χ2n) is 7.47. The fourth-order valence-electron chi connectivity index (χ4n) is 4.04. The third kappa shape index (κ3) is 3.38. The van der Waals surface area contributed by atoms with Crippen LogP contribution in [-0.2, 0) is 6.54 Å². The van der Waals surface area contributed by atoms with Crippen LogP contribution in [0.15, 0.2) is 22.6 Å². The number of nitrogens with one attached hydrogen (secondary N) is 1. The highest BCUT2D eigenvalue weighted by atomic mass is 16.3. The molecule has 1 N–H and O–H groups in total. The molecule has 3 heterocycles. The topological polar surface area (TPSA) is 48.7 Å². The first-order valence-electron chi connectivity index (χ1n) is 9.36. The number of carbonyl (C=O) groups is 1. The van der Waals surface area contributed by atoms with E-state index in [1.807, 2.05) is 4.90 Å². The maximum atomic E-state index is 12.0. The molecule has 2 aliphatic heterocycles. The quantitative estimate of drug-likeness (QED) is 0.930. The van der Waals surface area contributed by atoms with E-state index in [0.717, 1.165) is 63.3 Å². The van der Waals surface area contributed by atoms with Crippen LogP contribution in [0, 0.1) is 13.8 Å². The van der Waals surface area contributed by atoms with Gasteiger partial charge in [-0.1, -0.05) is 0 Å². The number of urea groups is 1. The van der Waals surface area contributed by atoms with Crippen LogP contribution < -0.4 is 5.32 Å². The van der Waals surface area contributed by atoms with Gasteiger partial charge in [-0.2, -0.15) is 0 Å². The van der Waals surface area contributed by atoms with Crippen molar-refractivity contribution in [2.24, 2.45) is 0 Å². The van der Waals surface area contributed by atoms with Gasteiger partial charge in [-0.3, -0.25) is 4.90 Å². The average molecular weight is 341 g/mol. The lowest BCUT2D eigenvalue weighted by Crippen LogP contribution is -2.54. The van der Waals surface area contributed by atoms with Gasteiger partial charge >= 0.3 is 6.03 Å². The van der Waals surface area contributed by atoms with Gasteiger partial charge in [0.15, 0.2) is 0 Å². The predicted octanol–water partition coefficient (Wildman–Crippen LogP) is 3.43. The van der Waals surface area contributed by atoms with E-state index in [1.165, 1.54) is 16.5 Å². The fourth-order valence-corrected chi connectivity index (χ4v) is 4.04. The molecule has 134 valence electrons. The van der Waals surface area contributed by atoms with Crippen LogP contribution in [0.3, 0.4) is 0 Å². The summed E-state index contributed by atoms with van der Waals surface area (Å²) in [4.78, 5) is 16.5. The maximum absolute atomic E-state index is 12.0. The fraction of sp³-hybridized carbons (Fsp3) is 0.550. The van der Waals surface area contributed by atoms with Crippen LogP contribution in [0.4, 0.5) is 4.79 Å². The van der Waals surface area contributed by atoms with Crippen LogP contribution in [0.2, 0.25) is 0 Å². The summed E-state index contributed by atoms with van der Waals surface area (Å²) >= 11 is 0. The summed E-state index contributed by atoms with van der Waals surface area (Å²) in [5, 5.41) is 4.16. The SMILES string of the molecule is Cc1cc2cc(CN3CCC(N4CCCNC4=O)CC3)oc2cc1C. The zero-order valence-corrected chi connectivity index (χ0v) is 15.2. The van der Waals surface area contributed by atoms with E-state index in [1.54, 1.807) is 0 Å². The van der Waals surface area contributed by atoms with Crippen LogP contribution in [0.1, 0.15) is 36.1 Å². The third-order valence-electron chi connectivity index (χ3n) is 5.67. The minimum atomic E-state index is 0.118. The number of aryl methyl sites for hydroxylation is 2. The van der Waals surface area contributed by atoms with Crippen LogP contribution in [-0.4, -0.2) is 48.1 Å². The molecular formula is C20H27N3O2. The molecule has 5 heteroatoms. The Bertz CT molecular complexity index is 736. The number of fused-ring (bicyclic) bond motifs is 1. The van der Waals surface area contributed by atoms with Gasteiger partial charge in [-0.15, -0.1) is 0 Å². The van der Waals surface area contributed by atoms with E-state index >= 15 is 0 Å². The van der Waals surface area contributed by atoms with E-state index in [0.29, 0.717) is 6.04 Å². The monoisotopic (exact) mass is 341 g/mol. The van der Waals surface area contributed by atoms with Crippen molar-refractivity contribution in [3.05, 3.63) is 35.1 Å². The van der Waals surface area contributed by atoms with Crippen molar-refractivity contribution in [1.82, 2.24) is 15.1 Å². The van der Waals surface area contributed by atoms with Gasteiger partial charge < -0.3 is 14.6 Å². The van der Waals surface area contributed by atoms with E-state index < -0.39 is 0 Å². The molecular weight excluding hydrogens is 314 g/mol. The molecule has 2 aromatic rings. The number of likely N-dealkylation sites (tertiary alicyclic amines) is 1. The zero-order valence-electron chi connectivity index (χ0n) is 15.2. The number of benzene rings is 1. The molecule has 5 nitrogen and oxygen atoms in total. The second-order valence-corrected chi connectivity index (χ2v) is 7.47. The summed E-state index contributed by atoms with van der Waals surface area (Å²) in [7, 11) is 0. The van der Waals surface area contributed by atoms with Crippen molar-refractivity contribution in [2.45, 2.75) is 45.7 Å². The molecule has 0 spiro atoms. The summed E-state index contributed by atoms with van der Waals surface area (Å²) in [5.74, 6) is 1.04. The van der Waals surface area contributed by atoms with Crippen molar-refractivity contribution in [3.8, 4) is 0 Å². The van der Waals surface area contributed by atoms with Gasteiger partial charge in [0.1, 0.15) is 11.3 Å². The minimum Gasteiger partial charge on any atom is -0.460 e. The molecule has 0 aliphatic carbocycles. The average Bonchev–Trinajstić information content (AvgIpc) is 2.97. The summed E-state index contributed by atoms with van der Waals surface area (Å²) in [5.41, 5.74) is 3.56. The Hall–Kier alpha value is -2.01. The Morgan fingerprint density at radius 1 is 1.12 bits per heavy atom. The first kappa shape index (κ1) is 16.5. The lowest BCUT2D eigenvalue weighted by atomic mass is 10.0. The van der Waals surface area contributed by atoms with E-state index in [9.17, 15) is 4.79 Å². The molecule has 0 atom stereocenters. The molecule has 0 radical (unpaired) electrons. The Morgan fingerprint density at radius 2 is 1.88 bits per heavy atom. The summed E-state index contributed by atoms with van der Waals surface area (Å²) in [6, 6.07) is 7.02. The van der Waals surface area contributed by atoms with E-state index in [-0.39, 0.29) is 6.03 Å². The molecule has 2 amide bonds. The van der Waals surface area contributed by atoms with E-state index in [2.05, 4.69) is 42.3 Å². The molecule has 2 aliphatic rings. The first-order chi connectivity index (χ1) is 12.1. The number of hydrogen-bond donors (Lipinski definition) is 1. The van der Waals surface area contributed by atoms with Crippen molar-refractivity contribution < 1.29 is 9.21 Å². The number of hydrogen-bond acceptors (Lipinski definition) is 3. The molecule has 25 heavy (non-hydrogen) atoms. The van der Waals surface area contributed by atoms with Crippen LogP contribution in [0.25, 0.3) is 11.0 Å². The van der Waals surface area contributed by atoms with Crippen LogP contribution >= 0.6 is 0 Å². The molecule has 1 aromatic carbocycles. The Kier molecular flexibility index (Phi) is 4.42. The number of rotatable bonds is 3. The smallest absolute Gasteiger partial charge is 0.317 e. The van der Waals surface area contributed by atoms with Gasteiger partial charge in [-0.05, 0) is 62.4 Å². The van der Waals surface area contributed by atoms with Crippen molar-refractivity contribution in [3.63, 3.8) is 0 Å². The number of nitrogens with zero attached hydrogens (tertiary/aromatic N) is 2. The van der Waals surface area contributed by atoms with Crippen molar-refractivity contribution in [2.75, 3.05) is 26.2 Å². The molecule has 2 saturated heterocycles. The number of carbonyl (C=O) groups excluding carboxylic acids is 1. The summed E-state index contributed by atoms with van der Waals surface area (Å²) < 4.78 is 6.05. The molecule has 2 fully saturated rings. The zero-order chi connectivity index (χ0) is 17.4. The summed E-state index contributed by atoms with van der Waals surface area (Å²) in [6.45, 7) is 8.87. The lowest BCUT2D eigenvalue weighted by Gasteiger charge is -2.40. The highest BCUT2D eigenvalue weighted by Gasteiger charge is 2.29. The normalized spacial score (nSPS) is 20.2.